The molecule has 1 aliphatic heterocycles. The highest BCUT2D eigenvalue weighted by Crippen LogP contribution is 2.32. The zero-order valence-corrected chi connectivity index (χ0v) is 13.0. The molecule has 2 atom stereocenters. The Kier molecular flexibility index (Phi) is 5.08. The molecule has 120 valence electrons. The lowest BCUT2D eigenvalue weighted by molar-refractivity contribution is -0.138. The Labute approximate surface area is 126 Å². The number of urea groups is 1. The quantitative estimate of drug-likeness (QED) is 0.733. The second kappa shape index (κ2) is 6.64. The predicted octanol–water partition coefficient (Wildman–Crippen LogP) is 1.41. The van der Waals surface area contributed by atoms with E-state index in [1.54, 1.807) is 0 Å². The lowest BCUT2D eigenvalue weighted by Crippen LogP contribution is -2.56. The molecule has 0 aromatic heterocycles. The van der Waals surface area contributed by atoms with Crippen molar-refractivity contribution < 1.29 is 14.7 Å². The third kappa shape index (κ3) is 4.33. The van der Waals surface area contributed by atoms with E-state index in [4.69, 9.17) is 5.11 Å². The number of carboxylic acid groups (broad SMARTS) is 1. The van der Waals surface area contributed by atoms with Gasteiger partial charge in [0.15, 0.2) is 0 Å². The van der Waals surface area contributed by atoms with Gasteiger partial charge in [-0.25, -0.2) is 4.79 Å². The van der Waals surface area contributed by atoms with Gasteiger partial charge in [0.05, 0.1) is 12.0 Å². The lowest BCUT2D eigenvalue weighted by Gasteiger charge is -2.36. The van der Waals surface area contributed by atoms with Crippen molar-refractivity contribution in [2.24, 2.45) is 5.92 Å². The molecule has 2 rings (SSSR count). The van der Waals surface area contributed by atoms with Crippen LogP contribution in [0, 0.1) is 5.92 Å². The summed E-state index contributed by atoms with van der Waals surface area (Å²) in [6.07, 6.45) is 4.45. The molecule has 0 aromatic rings. The first-order valence-corrected chi connectivity index (χ1v) is 7.89. The number of nitrogens with zero attached hydrogens (tertiary/aromatic N) is 1. The summed E-state index contributed by atoms with van der Waals surface area (Å²) < 4.78 is 0. The largest absolute Gasteiger partial charge is 0.481 e. The molecule has 21 heavy (non-hydrogen) atoms. The molecule has 6 nitrogen and oxygen atoms in total. The highest BCUT2D eigenvalue weighted by molar-refractivity contribution is 5.77. The number of carbonyl (C=O) groups excluding carboxylic acids is 1. The van der Waals surface area contributed by atoms with E-state index >= 15 is 0 Å². The topological polar surface area (TPSA) is 81.7 Å². The molecule has 2 amide bonds. The number of nitrogens with one attached hydrogen (secondary N) is 2. The Hall–Kier alpha value is -1.30. The van der Waals surface area contributed by atoms with Crippen molar-refractivity contribution in [3.63, 3.8) is 0 Å². The summed E-state index contributed by atoms with van der Waals surface area (Å²) in [6, 6.07) is -0.0379. The monoisotopic (exact) mass is 297 g/mol. The smallest absolute Gasteiger partial charge is 0.315 e. The van der Waals surface area contributed by atoms with Crippen molar-refractivity contribution in [1.29, 1.82) is 0 Å². The third-order valence-electron chi connectivity index (χ3n) is 4.85. The number of likely N-dealkylation sites (tertiary alicyclic amines) is 1. The van der Waals surface area contributed by atoms with Crippen LogP contribution in [0.1, 0.15) is 45.4 Å². The molecule has 1 aliphatic carbocycles. The highest BCUT2D eigenvalue weighted by Gasteiger charge is 2.38. The normalized spacial score (nSPS) is 29.0. The summed E-state index contributed by atoms with van der Waals surface area (Å²) in [5.74, 6) is -0.432. The molecule has 1 heterocycles. The van der Waals surface area contributed by atoms with Gasteiger partial charge in [0.2, 0.25) is 0 Å². The average Bonchev–Trinajstić information content (AvgIpc) is 2.80. The Bertz CT molecular complexity index is 394. The van der Waals surface area contributed by atoms with Gasteiger partial charge in [-0.05, 0) is 38.8 Å². The molecule has 0 spiro atoms. The first-order chi connectivity index (χ1) is 9.90. The second-order valence-electron chi connectivity index (χ2n) is 6.79. The van der Waals surface area contributed by atoms with Crippen LogP contribution >= 0.6 is 0 Å². The van der Waals surface area contributed by atoms with E-state index in [1.165, 1.54) is 0 Å². The van der Waals surface area contributed by atoms with Gasteiger partial charge in [0, 0.05) is 12.6 Å². The molecule has 0 aromatic carbocycles. The van der Waals surface area contributed by atoms with Crippen LogP contribution in [0.3, 0.4) is 0 Å². The fourth-order valence-electron chi connectivity index (χ4n) is 3.70. The number of hydrogen-bond donors (Lipinski definition) is 3. The molecule has 2 fully saturated rings. The predicted molar refractivity (Wildman–Crippen MR) is 80.2 cm³/mol. The van der Waals surface area contributed by atoms with E-state index in [9.17, 15) is 9.59 Å². The minimum atomic E-state index is -0.843. The van der Waals surface area contributed by atoms with Gasteiger partial charge in [-0.2, -0.15) is 0 Å². The Morgan fingerprint density at radius 1 is 1.33 bits per heavy atom. The van der Waals surface area contributed by atoms with E-state index in [-0.39, 0.29) is 18.5 Å². The van der Waals surface area contributed by atoms with Gasteiger partial charge in [-0.3, -0.25) is 4.79 Å². The van der Waals surface area contributed by atoms with Crippen LogP contribution in [0.2, 0.25) is 0 Å². The van der Waals surface area contributed by atoms with E-state index < -0.39 is 11.5 Å². The number of carboxylic acids is 1. The molecule has 6 heteroatoms. The van der Waals surface area contributed by atoms with Crippen LogP contribution in [0.5, 0.6) is 0 Å². The molecule has 1 saturated heterocycles. The number of aliphatic carboxylic acids is 1. The van der Waals surface area contributed by atoms with Gasteiger partial charge < -0.3 is 20.6 Å². The van der Waals surface area contributed by atoms with E-state index in [1.807, 2.05) is 0 Å². The number of piperidine rings is 1. The molecule has 2 aliphatic rings. The van der Waals surface area contributed by atoms with Crippen LogP contribution in [-0.2, 0) is 4.79 Å². The molecule has 1 saturated carbocycles. The number of carbonyl (C=O) groups is 2. The van der Waals surface area contributed by atoms with E-state index in [0.717, 1.165) is 45.2 Å². The van der Waals surface area contributed by atoms with Gasteiger partial charge >= 0.3 is 12.0 Å². The zero-order chi connectivity index (χ0) is 15.5. The van der Waals surface area contributed by atoms with Crippen LogP contribution in [0.25, 0.3) is 0 Å². The second-order valence-corrected chi connectivity index (χ2v) is 6.79. The fourth-order valence-corrected chi connectivity index (χ4v) is 3.70. The maximum atomic E-state index is 12.3. The van der Waals surface area contributed by atoms with E-state index in [2.05, 4.69) is 29.5 Å². The highest BCUT2D eigenvalue weighted by atomic mass is 16.4. The Morgan fingerprint density at radius 3 is 2.57 bits per heavy atom. The zero-order valence-electron chi connectivity index (χ0n) is 13.0. The summed E-state index contributed by atoms with van der Waals surface area (Å²) in [4.78, 5) is 25.6. The van der Waals surface area contributed by atoms with Crippen molar-refractivity contribution >= 4 is 12.0 Å². The summed E-state index contributed by atoms with van der Waals surface area (Å²) in [5.41, 5.74) is -0.551. The van der Waals surface area contributed by atoms with Crippen molar-refractivity contribution in [2.45, 2.75) is 57.0 Å². The summed E-state index contributed by atoms with van der Waals surface area (Å²) in [6.45, 7) is 4.10. The van der Waals surface area contributed by atoms with Crippen molar-refractivity contribution in [1.82, 2.24) is 15.5 Å². The third-order valence-corrected chi connectivity index (χ3v) is 4.85. The van der Waals surface area contributed by atoms with Crippen molar-refractivity contribution in [2.75, 3.05) is 20.1 Å². The molecule has 0 radical (unpaired) electrons. The Morgan fingerprint density at radius 2 is 2.00 bits per heavy atom. The summed E-state index contributed by atoms with van der Waals surface area (Å²) in [5, 5.41) is 15.1. The van der Waals surface area contributed by atoms with Gasteiger partial charge in [0.1, 0.15) is 0 Å². The number of amides is 2. The van der Waals surface area contributed by atoms with Gasteiger partial charge in [-0.1, -0.05) is 19.8 Å². The van der Waals surface area contributed by atoms with E-state index in [0.29, 0.717) is 5.92 Å². The lowest BCUT2D eigenvalue weighted by atomic mass is 9.92. The Balaban J connectivity index is 1.89. The van der Waals surface area contributed by atoms with Gasteiger partial charge in [0.25, 0.3) is 0 Å². The van der Waals surface area contributed by atoms with Crippen LogP contribution in [-0.4, -0.2) is 53.7 Å². The van der Waals surface area contributed by atoms with Crippen LogP contribution in [0.4, 0.5) is 4.79 Å². The molecular formula is C15H27N3O3. The fraction of sp³-hybridized carbons (Fsp3) is 0.867. The average molecular weight is 297 g/mol. The SMILES string of the molecule is CC1CN(C)CCC1NC(=O)NC1(CC(=O)O)CCCC1. The van der Waals surface area contributed by atoms with Crippen molar-refractivity contribution in [3.05, 3.63) is 0 Å². The molecular weight excluding hydrogens is 270 g/mol. The van der Waals surface area contributed by atoms with Crippen molar-refractivity contribution in [3.8, 4) is 0 Å². The van der Waals surface area contributed by atoms with Gasteiger partial charge in [-0.15, -0.1) is 0 Å². The molecule has 3 N–H and O–H groups in total. The minimum Gasteiger partial charge on any atom is -0.481 e. The number of rotatable bonds is 4. The first-order valence-electron chi connectivity index (χ1n) is 7.89. The minimum absolute atomic E-state index is 0.0172. The van der Waals surface area contributed by atoms with Crippen LogP contribution in [0.15, 0.2) is 0 Å². The maximum absolute atomic E-state index is 12.3. The maximum Gasteiger partial charge on any atom is 0.315 e. The molecule has 0 bridgehead atoms. The number of hydrogen-bond acceptors (Lipinski definition) is 3. The summed E-state index contributed by atoms with van der Waals surface area (Å²) >= 11 is 0. The molecule has 2 unspecified atom stereocenters. The van der Waals surface area contributed by atoms with Crippen LogP contribution < -0.4 is 10.6 Å². The first kappa shape index (κ1) is 16.1. The standard InChI is InChI=1S/C15H27N3O3/c1-11-10-18(2)8-5-12(11)16-14(21)17-15(9-13(19)20)6-3-4-7-15/h11-12H,3-10H2,1-2H3,(H,19,20)(H2,16,17,21). The summed E-state index contributed by atoms with van der Waals surface area (Å²) in [7, 11) is 2.09.